The van der Waals surface area contributed by atoms with Crippen LogP contribution in [0.25, 0.3) is 0 Å². The van der Waals surface area contributed by atoms with E-state index in [2.05, 4.69) is 40.4 Å². The fraction of sp³-hybridized carbons (Fsp3) is 0.435. The molecule has 4 rings (SSSR count). The topological polar surface area (TPSA) is 54.0 Å². The van der Waals surface area contributed by atoms with E-state index in [-0.39, 0.29) is 24.4 Å². The number of carbonyl (C=O) groups is 1. The molecular formula is C23H28FN3O3. The Labute approximate surface area is 176 Å². The van der Waals surface area contributed by atoms with E-state index >= 15 is 0 Å². The zero-order valence-electron chi connectivity index (χ0n) is 17.3. The fourth-order valence-corrected chi connectivity index (χ4v) is 4.08. The third kappa shape index (κ3) is 4.91. The molecule has 2 aromatic rings. The lowest BCUT2D eigenvalue weighted by Crippen LogP contribution is -2.44. The van der Waals surface area contributed by atoms with Gasteiger partial charge in [0.05, 0.1) is 19.3 Å². The summed E-state index contributed by atoms with van der Waals surface area (Å²) in [4.78, 5) is 17.0. The van der Waals surface area contributed by atoms with E-state index in [9.17, 15) is 9.18 Å². The van der Waals surface area contributed by atoms with Crippen LogP contribution in [0.5, 0.6) is 5.75 Å². The second kappa shape index (κ2) is 9.45. The summed E-state index contributed by atoms with van der Waals surface area (Å²) in [5.41, 5.74) is 3.86. The summed E-state index contributed by atoms with van der Waals surface area (Å²) < 4.78 is 24.0. The highest BCUT2D eigenvalue weighted by molar-refractivity contribution is 5.77. The highest BCUT2D eigenvalue weighted by Crippen LogP contribution is 2.31. The van der Waals surface area contributed by atoms with Crippen LogP contribution < -0.4 is 15.0 Å². The summed E-state index contributed by atoms with van der Waals surface area (Å²) in [5.74, 6) is -0.0572. The van der Waals surface area contributed by atoms with E-state index in [1.165, 1.54) is 41.1 Å². The summed E-state index contributed by atoms with van der Waals surface area (Å²) in [6.45, 7) is 4.51. The normalized spacial score (nSPS) is 17.5. The number of nitrogens with one attached hydrogen (secondary N) is 1. The monoisotopic (exact) mass is 413 g/mol. The Morgan fingerprint density at radius 2 is 1.93 bits per heavy atom. The Hall–Kier alpha value is -2.64. The molecule has 7 heteroatoms. The number of hydrogen-bond acceptors (Lipinski definition) is 5. The summed E-state index contributed by atoms with van der Waals surface area (Å²) in [6, 6.07) is 12.4. The Balaban J connectivity index is 1.40. The highest BCUT2D eigenvalue weighted by Gasteiger charge is 2.25. The van der Waals surface area contributed by atoms with Gasteiger partial charge in [0, 0.05) is 38.9 Å². The third-order valence-electron chi connectivity index (χ3n) is 5.78. The van der Waals surface area contributed by atoms with Gasteiger partial charge < -0.3 is 19.7 Å². The van der Waals surface area contributed by atoms with Crippen molar-refractivity contribution >= 4 is 11.6 Å². The zero-order valence-corrected chi connectivity index (χ0v) is 17.3. The molecule has 160 valence electrons. The molecule has 1 atom stereocenters. The van der Waals surface area contributed by atoms with Crippen molar-refractivity contribution in [2.45, 2.75) is 12.5 Å². The molecule has 0 radical (unpaired) electrons. The smallest absolute Gasteiger partial charge is 0.258 e. The number of halogens is 1. The van der Waals surface area contributed by atoms with E-state index in [0.29, 0.717) is 25.5 Å². The highest BCUT2D eigenvalue weighted by atomic mass is 19.1. The first kappa shape index (κ1) is 20.6. The lowest BCUT2D eigenvalue weighted by atomic mass is 10.0. The van der Waals surface area contributed by atoms with Crippen molar-refractivity contribution in [2.24, 2.45) is 0 Å². The number of nitrogens with zero attached hydrogens (tertiary/aromatic N) is 2. The molecule has 30 heavy (non-hydrogen) atoms. The predicted molar refractivity (Wildman–Crippen MR) is 113 cm³/mol. The average molecular weight is 413 g/mol. The third-order valence-corrected chi connectivity index (χ3v) is 5.78. The SMILES string of the molecule is CN1CCc2cc([C@@H](CNC(=O)COc3ccc(F)cc3)N3CCOCC3)ccc21. The quantitative estimate of drug-likeness (QED) is 0.756. The summed E-state index contributed by atoms with van der Waals surface area (Å²) in [7, 11) is 2.12. The van der Waals surface area contributed by atoms with Crippen LogP contribution >= 0.6 is 0 Å². The molecule has 0 aliphatic carbocycles. The lowest BCUT2D eigenvalue weighted by molar-refractivity contribution is -0.123. The minimum absolute atomic E-state index is 0.0832. The van der Waals surface area contributed by atoms with Crippen LogP contribution in [0.15, 0.2) is 42.5 Å². The van der Waals surface area contributed by atoms with Crippen molar-refractivity contribution in [1.29, 1.82) is 0 Å². The van der Waals surface area contributed by atoms with Gasteiger partial charge in [-0.15, -0.1) is 0 Å². The molecule has 0 saturated carbocycles. The molecule has 0 aromatic heterocycles. The van der Waals surface area contributed by atoms with E-state index in [1.54, 1.807) is 0 Å². The number of amides is 1. The minimum Gasteiger partial charge on any atom is -0.484 e. The molecule has 1 fully saturated rings. The molecule has 0 bridgehead atoms. The number of morpholine rings is 1. The van der Waals surface area contributed by atoms with Crippen LogP contribution in [0.3, 0.4) is 0 Å². The van der Waals surface area contributed by atoms with Gasteiger partial charge in [0.15, 0.2) is 6.61 Å². The van der Waals surface area contributed by atoms with Crippen LogP contribution in [-0.4, -0.2) is 63.9 Å². The second-order valence-corrected chi connectivity index (χ2v) is 7.77. The molecule has 1 amide bonds. The Morgan fingerprint density at radius 3 is 2.70 bits per heavy atom. The van der Waals surface area contributed by atoms with Gasteiger partial charge in [0.2, 0.25) is 0 Å². The van der Waals surface area contributed by atoms with E-state index < -0.39 is 0 Å². The molecular weight excluding hydrogens is 385 g/mol. The molecule has 0 unspecified atom stereocenters. The van der Waals surface area contributed by atoms with Gasteiger partial charge in [-0.25, -0.2) is 4.39 Å². The van der Waals surface area contributed by atoms with Crippen molar-refractivity contribution in [3.05, 3.63) is 59.4 Å². The van der Waals surface area contributed by atoms with Crippen LogP contribution in [0.1, 0.15) is 17.2 Å². The van der Waals surface area contributed by atoms with E-state index in [1.807, 2.05) is 0 Å². The van der Waals surface area contributed by atoms with Crippen LogP contribution in [-0.2, 0) is 16.0 Å². The van der Waals surface area contributed by atoms with Crippen molar-refractivity contribution in [3.63, 3.8) is 0 Å². The fourth-order valence-electron chi connectivity index (χ4n) is 4.08. The average Bonchev–Trinajstić information content (AvgIpc) is 3.14. The van der Waals surface area contributed by atoms with Crippen molar-refractivity contribution in [3.8, 4) is 5.75 Å². The predicted octanol–water partition coefficient (Wildman–Crippen LogP) is 2.39. The number of benzene rings is 2. The van der Waals surface area contributed by atoms with Gasteiger partial charge in [-0.1, -0.05) is 12.1 Å². The summed E-state index contributed by atoms with van der Waals surface area (Å²) in [5, 5.41) is 3.01. The van der Waals surface area contributed by atoms with E-state index in [0.717, 1.165) is 26.1 Å². The maximum absolute atomic E-state index is 13.0. The largest absolute Gasteiger partial charge is 0.484 e. The Kier molecular flexibility index (Phi) is 6.50. The van der Waals surface area contributed by atoms with E-state index in [4.69, 9.17) is 9.47 Å². The number of carbonyl (C=O) groups excluding carboxylic acids is 1. The minimum atomic E-state index is -0.333. The van der Waals surface area contributed by atoms with Gasteiger partial charge in [0.1, 0.15) is 11.6 Å². The number of hydrogen-bond donors (Lipinski definition) is 1. The molecule has 6 nitrogen and oxygen atoms in total. The number of fused-ring (bicyclic) bond motifs is 1. The molecule has 0 spiro atoms. The molecule has 2 aromatic carbocycles. The van der Waals surface area contributed by atoms with Gasteiger partial charge in [-0.3, -0.25) is 9.69 Å². The maximum atomic E-state index is 13.0. The second-order valence-electron chi connectivity index (χ2n) is 7.77. The molecule has 2 aliphatic heterocycles. The first-order valence-corrected chi connectivity index (χ1v) is 10.4. The van der Waals surface area contributed by atoms with Crippen LogP contribution in [0.4, 0.5) is 10.1 Å². The van der Waals surface area contributed by atoms with Gasteiger partial charge in [-0.2, -0.15) is 0 Å². The molecule has 2 heterocycles. The summed E-state index contributed by atoms with van der Waals surface area (Å²) in [6.07, 6.45) is 1.05. The summed E-state index contributed by atoms with van der Waals surface area (Å²) >= 11 is 0. The lowest BCUT2D eigenvalue weighted by Gasteiger charge is -2.35. The van der Waals surface area contributed by atoms with Crippen LogP contribution in [0, 0.1) is 5.82 Å². The first-order chi connectivity index (χ1) is 14.6. The van der Waals surface area contributed by atoms with Crippen molar-refractivity contribution in [2.75, 3.05) is 57.9 Å². The van der Waals surface area contributed by atoms with Gasteiger partial charge >= 0.3 is 0 Å². The molecule has 1 N–H and O–H groups in total. The number of ether oxygens (including phenoxy) is 2. The Morgan fingerprint density at radius 1 is 1.17 bits per heavy atom. The van der Waals surface area contributed by atoms with Gasteiger partial charge in [-0.05, 0) is 47.9 Å². The number of rotatable bonds is 7. The number of anilines is 1. The van der Waals surface area contributed by atoms with Crippen molar-refractivity contribution < 1.29 is 18.7 Å². The zero-order chi connectivity index (χ0) is 20.9. The molecule has 1 saturated heterocycles. The van der Waals surface area contributed by atoms with Gasteiger partial charge in [0.25, 0.3) is 5.91 Å². The Bertz CT molecular complexity index is 868. The molecule has 2 aliphatic rings. The standard InChI is InChI=1S/C23H28FN3O3/c1-26-9-8-18-14-17(2-7-21(18)26)22(27-10-12-29-13-11-27)15-25-23(28)16-30-20-5-3-19(24)4-6-20/h2-7,14,22H,8-13,15-16H2,1H3,(H,25,28)/t22-/m1/s1. The van der Waals surface area contributed by atoms with Crippen molar-refractivity contribution in [1.82, 2.24) is 10.2 Å². The van der Waals surface area contributed by atoms with Crippen LogP contribution in [0.2, 0.25) is 0 Å². The first-order valence-electron chi connectivity index (χ1n) is 10.4. The number of likely N-dealkylation sites (N-methyl/N-ethyl adjacent to an activating group) is 1. The maximum Gasteiger partial charge on any atom is 0.258 e.